The highest BCUT2D eigenvalue weighted by atomic mass is 35.5. The number of urea groups is 1. The Bertz CT molecular complexity index is 848. The highest BCUT2D eigenvalue weighted by Gasteiger charge is 2.44. The van der Waals surface area contributed by atoms with Crippen molar-refractivity contribution in [3.63, 3.8) is 0 Å². The number of carbonyl (C=O) groups excluding carboxylic acids is 3. The third-order valence-electron chi connectivity index (χ3n) is 5.32. The first-order valence-corrected chi connectivity index (χ1v) is 10.4. The van der Waals surface area contributed by atoms with Gasteiger partial charge < -0.3 is 15.1 Å². The molecule has 2 heterocycles. The minimum absolute atomic E-state index is 0.00308. The molecule has 3 rings (SSSR count). The number of halogens is 1. The molecule has 0 aliphatic carbocycles. The van der Waals surface area contributed by atoms with Crippen molar-refractivity contribution in [3.8, 4) is 0 Å². The topological polar surface area (TPSA) is 73.0 Å². The van der Waals surface area contributed by atoms with Crippen molar-refractivity contribution in [3.05, 3.63) is 46.1 Å². The van der Waals surface area contributed by atoms with E-state index in [1.807, 2.05) is 19.9 Å². The number of rotatable bonds is 7. The minimum Gasteiger partial charge on any atom is -0.341 e. The second-order valence-corrected chi connectivity index (χ2v) is 7.77. The van der Waals surface area contributed by atoms with E-state index in [-0.39, 0.29) is 30.9 Å². The number of nitrogens with zero attached hydrogens (tertiary/aromatic N) is 3. The summed E-state index contributed by atoms with van der Waals surface area (Å²) in [4.78, 5) is 43.3. The first-order chi connectivity index (χ1) is 13.9. The van der Waals surface area contributed by atoms with Gasteiger partial charge in [-0.2, -0.15) is 0 Å². The Kier molecular flexibility index (Phi) is 6.47. The van der Waals surface area contributed by atoms with Gasteiger partial charge in [0.2, 0.25) is 5.91 Å². The second-order valence-electron chi connectivity index (χ2n) is 7.37. The zero-order chi connectivity index (χ0) is 21.1. The Morgan fingerprint density at radius 2 is 1.86 bits per heavy atom. The molecule has 7 nitrogen and oxygen atoms in total. The highest BCUT2D eigenvalue weighted by molar-refractivity contribution is 6.31. The van der Waals surface area contributed by atoms with Gasteiger partial charge in [-0.25, -0.2) is 4.79 Å². The Labute approximate surface area is 176 Å². The quantitative estimate of drug-likeness (QED) is 0.740. The van der Waals surface area contributed by atoms with Crippen molar-refractivity contribution in [1.29, 1.82) is 0 Å². The van der Waals surface area contributed by atoms with Gasteiger partial charge in [-0.1, -0.05) is 43.6 Å². The molecule has 1 N–H and O–H groups in total. The van der Waals surface area contributed by atoms with Crippen LogP contribution in [0.15, 0.2) is 35.5 Å². The highest BCUT2D eigenvalue weighted by Crippen LogP contribution is 2.37. The van der Waals surface area contributed by atoms with Gasteiger partial charge in [0.15, 0.2) is 0 Å². The van der Waals surface area contributed by atoms with Crippen LogP contribution >= 0.6 is 11.6 Å². The third-order valence-corrected chi connectivity index (χ3v) is 5.66. The third kappa shape index (κ3) is 4.10. The van der Waals surface area contributed by atoms with Gasteiger partial charge in [0.25, 0.3) is 5.91 Å². The van der Waals surface area contributed by atoms with Crippen LogP contribution in [0.25, 0.3) is 0 Å². The van der Waals surface area contributed by atoms with Crippen LogP contribution < -0.4 is 5.32 Å². The first-order valence-electron chi connectivity index (χ1n) is 9.97. The Hall–Kier alpha value is -2.54. The molecule has 0 saturated heterocycles. The summed E-state index contributed by atoms with van der Waals surface area (Å²) in [5.41, 5.74) is 1.77. The van der Waals surface area contributed by atoms with Crippen LogP contribution in [0.2, 0.25) is 5.02 Å². The molecule has 8 heteroatoms. The number of hydrogen-bond acceptors (Lipinski definition) is 3. The Morgan fingerprint density at radius 3 is 2.48 bits per heavy atom. The van der Waals surface area contributed by atoms with E-state index in [4.69, 9.17) is 11.6 Å². The van der Waals surface area contributed by atoms with E-state index in [0.29, 0.717) is 34.9 Å². The molecule has 1 aromatic rings. The molecule has 0 radical (unpaired) electrons. The lowest BCUT2D eigenvalue weighted by atomic mass is 9.96. The lowest BCUT2D eigenvalue weighted by molar-refractivity contribution is -0.137. The van der Waals surface area contributed by atoms with Gasteiger partial charge in [-0.3, -0.25) is 14.5 Å². The average Bonchev–Trinajstić information content (AvgIpc) is 3.02. The maximum atomic E-state index is 13.2. The van der Waals surface area contributed by atoms with Gasteiger partial charge in [0, 0.05) is 25.2 Å². The van der Waals surface area contributed by atoms with E-state index in [2.05, 4.69) is 5.32 Å². The van der Waals surface area contributed by atoms with Crippen LogP contribution in [0.1, 0.15) is 38.3 Å². The van der Waals surface area contributed by atoms with Crippen molar-refractivity contribution in [2.24, 2.45) is 0 Å². The fraction of sp³-hybridized carbons (Fsp3) is 0.476. The van der Waals surface area contributed by atoms with Crippen LogP contribution in [0.4, 0.5) is 4.79 Å². The van der Waals surface area contributed by atoms with E-state index >= 15 is 0 Å². The van der Waals surface area contributed by atoms with Gasteiger partial charge in [0.05, 0.1) is 23.9 Å². The van der Waals surface area contributed by atoms with Gasteiger partial charge >= 0.3 is 6.03 Å². The smallest absolute Gasteiger partial charge is 0.322 e. The maximum absolute atomic E-state index is 13.2. The summed E-state index contributed by atoms with van der Waals surface area (Å²) in [6.07, 6.45) is 1.73. The molecule has 1 aromatic carbocycles. The largest absolute Gasteiger partial charge is 0.341 e. The number of carbonyl (C=O) groups is 3. The average molecular weight is 419 g/mol. The van der Waals surface area contributed by atoms with Gasteiger partial charge in [0.1, 0.15) is 6.54 Å². The predicted octanol–water partition coefficient (Wildman–Crippen LogP) is 2.78. The lowest BCUT2D eigenvalue weighted by Crippen LogP contribution is -2.45. The first kappa shape index (κ1) is 21.2. The van der Waals surface area contributed by atoms with Gasteiger partial charge in [-0.15, -0.1) is 0 Å². The number of amides is 4. The van der Waals surface area contributed by atoms with E-state index in [1.54, 1.807) is 30.1 Å². The summed E-state index contributed by atoms with van der Waals surface area (Å²) in [5, 5.41) is 3.34. The van der Waals surface area contributed by atoms with Gasteiger partial charge in [-0.05, 0) is 24.5 Å². The van der Waals surface area contributed by atoms with Crippen LogP contribution in [-0.4, -0.2) is 65.8 Å². The molecular formula is C21H27ClN4O3. The number of hydrogen-bond donors (Lipinski definition) is 1. The Morgan fingerprint density at radius 1 is 1.21 bits per heavy atom. The van der Waals surface area contributed by atoms with Crippen LogP contribution in [0, 0.1) is 0 Å². The van der Waals surface area contributed by atoms with Crippen LogP contribution in [0.5, 0.6) is 0 Å². The van der Waals surface area contributed by atoms with Crippen molar-refractivity contribution < 1.29 is 14.4 Å². The molecule has 0 bridgehead atoms. The number of benzene rings is 1. The van der Waals surface area contributed by atoms with Crippen molar-refractivity contribution >= 4 is 29.4 Å². The molecule has 0 spiro atoms. The summed E-state index contributed by atoms with van der Waals surface area (Å²) in [6.45, 7) is 5.63. The molecular weight excluding hydrogens is 392 g/mol. The molecule has 29 heavy (non-hydrogen) atoms. The SMILES string of the molecule is CCCN(CCC)C(=O)CN1CC2=C(C1=O)[C@H](c1ccccc1Cl)NC(=O)N2C. The van der Waals surface area contributed by atoms with Crippen molar-refractivity contribution in [1.82, 2.24) is 20.0 Å². The fourth-order valence-corrected chi connectivity index (χ4v) is 4.10. The normalized spacial score (nSPS) is 18.8. The molecule has 1 atom stereocenters. The predicted molar refractivity (Wildman–Crippen MR) is 111 cm³/mol. The summed E-state index contributed by atoms with van der Waals surface area (Å²) < 4.78 is 0. The monoisotopic (exact) mass is 418 g/mol. The fourth-order valence-electron chi connectivity index (χ4n) is 3.86. The molecule has 2 aliphatic heterocycles. The number of likely N-dealkylation sites (N-methyl/N-ethyl adjacent to an activating group) is 1. The zero-order valence-corrected chi connectivity index (χ0v) is 17.8. The van der Waals surface area contributed by atoms with Crippen molar-refractivity contribution in [2.45, 2.75) is 32.7 Å². The summed E-state index contributed by atoms with van der Waals surface area (Å²) in [5.74, 6) is -0.309. The maximum Gasteiger partial charge on any atom is 0.322 e. The summed E-state index contributed by atoms with van der Waals surface area (Å²) in [7, 11) is 1.63. The minimum atomic E-state index is -0.627. The molecule has 2 aliphatic rings. The molecule has 156 valence electrons. The molecule has 0 unspecified atom stereocenters. The van der Waals surface area contributed by atoms with Crippen LogP contribution in [-0.2, 0) is 9.59 Å². The van der Waals surface area contributed by atoms with E-state index < -0.39 is 6.04 Å². The van der Waals surface area contributed by atoms with Crippen LogP contribution in [0.3, 0.4) is 0 Å². The number of nitrogens with one attached hydrogen (secondary N) is 1. The summed E-state index contributed by atoms with van der Waals surface area (Å²) in [6, 6.07) is 6.23. The zero-order valence-electron chi connectivity index (χ0n) is 17.1. The summed E-state index contributed by atoms with van der Waals surface area (Å²) >= 11 is 6.34. The lowest BCUT2D eigenvalue weighted by Gasteiger charge is -2.31. The molecule has 4 amide bonds. The van der Waals surface area contributed by atoms with E-state index in [1.165, 1.54) is 9.80 Å². The van der Waals surface area contributed by atoms with Crippen molar-refractivity contribution in [2.75, 3.05) is 33.2 Å². The molecule has 0 saturated carbocycles. The van der Waals surface area contributed by atoms with E-state index in [0.717, 1.165) is 12.8 Å². The Balaban J connectivity index is 1.86. The standard InChI is InChI=1S/C21H27ClN4O3/c1-4-10-25(11-5-2)17(27)13-26-12-16-18(20(26)28)19(23-21(29)24(16)3)14-8-6-7-9-15(14)22/h6-9,19H,4-5,10-13H2,1-3H3,(H,23,29)/t19-/m0/s1. The second kappa shape index (κ2) is 8.86. The molecule has 0 aromatic heterocycles. The van der Waals surface area contributed by atoms with E-state index in [9.17, 15) is 14.4 Å². The molecule has 0 fully saturated rings.